The molecule has 0 aliphatic heterocycles. The second kappa shape index (κ2) is 13.0. The summed E-state index contributed by atoms with van der Waals surface area (Å²) in [5, 5.41) is 0. The molecule has 0 bridgehead atoms. The molecule has 0 radical (unpaired) electrons. The van der Waals surface area contributed by atoms with Gasteiger partial charge in [0.1, 0.15) is 11.6 Å². The predicted octanol–water partition coefficient (Wildman–Crippen LogP) is 8.09. The minimum Gasteiger partial charge on any atom is -0.494 e. The van der Waals surface area contributed by atoms with Gasteiger partial charge in [0.15, 0.2) is 0 Å². The minimum atomic E-state index is -0.197. The van der Waals surface area contributed by atoms with Crippen molar-refractivity contribution in [2.75, 3.05) is 20.3 Å². The largest absolute Gasteiger partial charge is 0.494 e. The van der Waals surface area contributed by atoms with Crippen LogP contribution in [-0.2, 0) is 11.2 Å². The van der Waals surface area contributed by atoms with Crippen LogP contribution in [0.5, 0.6) is 5.75 Å². The lowest BCUT2D eigenvalue weighted by atomic mass is 9.98. The standard InChI is InChI=1S/C29H35FO2/c1-3-4-9-23-10-12-25(13-11-23)28-19-16-26(22-29(28)30)24-14-17-27(18-15-24)32-21-8-6-5-7-20-31-2/h10-19,22H,3-9,20-21H2,1-2H3. The van der Waals surface area contributed by atoms with Crippen LogP contribution >= 0.6 is 0 Å². The molecule has 0 aromatic heterocycles. The number of halogens is 1. The Labute approximate surface area is 192 Å². The lowest BCUT2D eigenvalue weighted by Gasteiger charge is -2.10. The first-order valence-electron chi connectivity index (χ1n) is 11.8. The molecule has 0 saturated heterocycles. The Bertz CT molecular complexity index is 932. The molecule has 0 saturated carbocycles. The van der Waals surface area contributed by atoms with Gasteiger partial charge < -0.3 is 9.47 Å². The maximum atomic E-state index is 14.9. The van der Waals surface area contributed by atoms with Crippen molar-refractivity contribution in [2.24, 2.45) is 0 Å². The highest BCUT2D eigenvalue weighted by molar-refractivity contribution is 5.71. The molecule has 0 aliphatic rings. The van der Waals surface area contributed by atoms with Crippen molar-refractivity contribution >= 4 is 0 Å². The van der Waals surface area contributed by atoms with E-state index in [-0.39, 0.29) is 5.82 Å². The third-order valence-electron chi connectivity index (χ3n) is 5.75. The van der Waals surface area contributed by atoms with Crippen LogP contribution in [0, 0.1) is 5.82 Å². The zero-order valence-electron chi connectivity index (χ0n) is 19.4. The molecule has 0 spiro atoms. The first-order chi connectivity index (χ1) is 15.7. The molecule has 3 aromatic rings. The average Bonchev–Trinajstić information content (AvgIpc) is 2.83. The van der Waals surface area contributed by atoms with Gasteiger partial charge in [0.2, 0.25) is 0 Å². The summed E-state index contributed by atoms with van der Waals surface area (Å²) < 4.78 is 25.8. The normalized spacial score (nSPS) is 11.0. The molecule has 0 heterocycles. The highest BCUT2D eigenvalue weighted by Crippen LogP contribution is 2.29. The highest BCUT2D eigenvalue weighted by Gasteiger charge is 2.08. The molecular weight excluding hydrogens is 399 g/mol. The first-order valence-corrected chi connectivity index (χ1v) is 11.8. The van der Waals surface area contributed by atoms with Crippen molar-refractivity contribution in [2.45, 2.75) is 51.9 Å². The monoisotopic (exact) mass is 434 g/mol. The van der Waals surface area contributed by atoms with Crippen LogP contribution in [0.15, 0.2) is 66.7 Å². The van der Waals surface area contributed by atoms with Gasteiger partial charge in [0.25, 0.3) is 0 Å². The van der Waals surface area contributed by atoms with Crippen LogP contribution in [0.25, 0.3) is 22.3 Å². The molecule has 0 aliphatic carbocycles. The van der Waals surface area contributed by atoms with E-state index in [0.717, 1.165) is 54.7 Å². The van der Waals surface area contributed by atoms with Crippen LogP contribution in [-0.4, -0.2) is 20.3 Å². The molecule has 0 fully saturated rings. The van der Waals surface area contributed by atoms with Crippen molar-refractivity contribution in [3.05, 3.63) is 78.1 Å². The third kappa shape index (κ3) is 7.20. The summed E-state index contributed by atoms with van der Waals surface area (Å²) >= 11 is 0. The van der Waals surface area contributed by atoms with Crippen molar-refractivity contribution in [3.8, 4) is 28.0 Å². The Balaban J connectivity index is 1.56. The second-order valence-corrected chi connectivity index (χ2v) is 8.27. The van der Waals surface area contributed by atoms with Crippen molar-refractivity contribution < 1.29 is 13.9 Å². The van der Waals surface area contributed by atoms with E-state index in [1.165, 1.54) is 24.8 Å². The molecule has 170 valence electrons. The Hall–Kier alpha value is -2.65. The number of methoxy groups -OCH3 is 1. The molecule has 0 unspecified atom stereocenters. The lowest BCUT2D eigenvalue weighted by molar-refractivity contribution is 0.191. The number of aryl methyl sites for hydroxylation is 1. The molecule has 0 N–H and O–H groups in total. The first kappa shape index (κ1) is 24.0. The number of hydrogen-bond donors (Lipinski definition) is 0. The Morgan fingerprint density at radius 2 is 1.34 bits per heavy atom. The molecule has 2 nitrogen and oxygen atoms in total. The SMILES string of the molecule is CCCCc1ccc(-c2ccc(-c3ccc(OCCCCCCOC)cc3)cc2F)cc1. The van der Waals surface area contributed by atoms with Gasteiger partial charge in [0, 0.05) is 19.3 Å². The number of ether oxygens (including phenoxy) is 2. The van der Waals surface area contributed by atoms with E-state index in [1.54, 1.807) is 13.2 Å². The van der Waals surface area contributed by atoms with Crippen LogP contribution in [0.2, 0.25) is 0 Å². The fraction of sp³-hybridized carbons (Fsp3) is 0.379. The number of rotatable bonds is 13. The van der Waals surface area contributed by atoms with E-state index in [0.29, 0.717) is 12.2 Å². The Kier molecular flexibility index (Phi) is 9.77. The van der Waals surface area contributed by atoms with Gasteiger partial charge in [-0.2, -0.15) is 0 Å². The summed E-state index contributed by atoms with van der Waals surface area (Å²) in [5.41, 5.74) is 4.72. The van der Waals surface area contributed by atoms with Crippen molar-refractivity contribution in [1.29, 1.82) is 0 Å². The molecule has 3 rings (SSSR count). The van der Waals surface area contributed by atoms with Crippen LogP contribution in [0.3, 0.4) is 0 Å². The summed E-state index contributed by atoms with van der Waals surface area (Å²) in [6, 6.07) is 21.6. The van der Waals surface area contributed by atoms with Crippen molar-refractivity contribution in [3.63, 3.8) is 0 Å². The van der Waals surface area contributed by atoms with Gasteiger partial charge in [-0.25, -0.2) is 4.39 Å². The molecular formula is C29H35FO2. The quantitative estimate of drug-likeness (QED) is 0.253. The Morgan fingerprint density at radius 3 is 2.00 bits per heavy atom. The summed E-state index contributed by atoms with van der Waals surface area (Å²) in [6.07, 6.45) is 7.89. The summed E-state index contributed by atoms with van der Waals surface area (Å²) in [6.45, 7) is 3.74. The average molecular weight is 435 g/mol. The van der Waals surface area contributed by atoms with E-state index >= 15 is 0 Å². The molecule has 0 atom stereocenters. The topological polar surface area (TPSA) is 18.5 Å². The van der Waals surface area contributed by atoms with E-state index in [1.807, 2.05) is 48.5 Å². The molecule has 32 heavy (non-hydrogen) atoms. The fourth-order valence-corrected chi connectivity index (χ4v) is 3.80. The van der Waals surface area contributed by atoms with Gasteiger partial charge in [-0.15, -0.1) is 0 Å². The second-order valence-electron chi connectivity index (χ2n) is 8.27. The number of hydrogen-bond acceptors (Lipinski definition) is 2. The van der Waals surface area contributed by atoms with E-state index in [2.05, 4.69) is 19.1 Å². The number of unbranched alkanes of at least 4 members (excludes halogenated alkanes) is 4. The fourth-order valence-electron chi connectivity index (χ4n) is 3.80. The molecule has 3 heteroatoms. The van der Waals surface area contributed by atoms with E-state index in [4.69, 9.17) is 9.47 Å². The van der Waals surface area contributed by atoms with Gasteiger partial charge in [-0.1, -0.05) is 68.3 Å². The maximum Gasteiger partial charge on any atom is 0.131 e. The smallest absolute Gasteiger partial charge is 0.131 e. The van der Waals surface area contributed by atoms with E-state index < -0.39 is 0 Å². The van der Waals surface area contributed by atoms with Gasteiger partial charge in [-0.05, 0) is 72.6 Å². The van der Waals surface area contributed by atoms with Gasteiger partial charge in [0.05, 0.1) is 6.61 Å². The number of benzene rings is 3. The Morgan fingerprint density at radius 1 is 0.688 bits per heavy atom. The van der Waals surface area contributed by atoms with Crippen molar-refractivity contribution in [1.82, 2.24) is 0 Å². The minimum absolute atomic E-state index is 0.197. The van der Waals surface area contributed by atoms with Crippen LogP contribution in [0.1, 0.15) is 51.0 Å². The summed E-state index contributed by atoms with van der Waals surface area (Å²) in [7, 11) is 1.74. The molecule has 0 amide bonds. The predicted molar refractivity (Wildman–Crippen MR) is 132 cm³/mol. The summed E-state index contributed by atoms with van der Waals surface area (Å²) in [4.78, 5) is 0. The summed E-state index contributed by atoms with van der Waals surface area (Å²) in [5.74, 6) is 0.656. The van der Waals surface area contributed by atoms with Gasteiger partial charge >= 0.3 is 0 Å². The zero-order chi connectivity index (χ0) is 22.6. The maximum absolute atomic E-state index is 14.9. The lowest BCUT2D eigenvalue weighted by Crippen LogP contribution is -1.98. The van der Waals surface area contributed by atoms with E-state index in [9.17, 15) is 4.39 Å². The highest BCUT2D eigenvalue weighted by atomic mass is 19.1. The van der Waals surface area contributed by atoms with Gasteiger partial charge in [-0.3, -0.25) is 0 Å². The third-order valence-corrected chi connectivity index (χ3v) is 5.75. The van der Waals surface area contributed by atoms with Crippen LogP contribution < -0.4 is 4.74 Å². The zero-order valence-corrected chi connectivity index (χ0v) is 19.4. The molecule has 3 aromatic carbocycles. The van der Waals surface area contributed by atoms with Crippen LogP contribution in [0.4, 0.5) is 4.39 Å².